The molecule has 6 nitrogen and oxygen atoms in total. The molecule has 0 radical (unpaired) electrons. The first kappa shape index (κ1) is 16.1. The van der Waals surface area contributed by atoms with Crippen molar-refractivity contribution in [3.05, 3.63) is 47.4 Å². The second-order valence-electron chi connectivity index (χ2n) is 5.18. The Morgan fingerprint density at radius 2 is 2.05 bits per heavy atom. The molecule has 1 N–H and O–H groups in total. The molecule has 1 unspecified atom stereocenters. The molecule has 0 bridgehead atoms. The van der Waals surface area contributed by atoms with Gasteiger partial charge in [0.05, 0.1) is 0 Å². The molecule has 0 aliphatic heterocycles. The quantitative estimate of drug-likeness (QED) is 0.887. The first-order chi connectivity index (χ1) is 10.5. The molecule has 0 aliphatic carbocycles. The van der Waals surface area contributed by atoms with Crippen LogP contribution < -0.4 is 5.32 Å². The van der Waals surface area contributed by atoms with E-state index in [1.165, 1.54) is 31.4 Å². The van der Waals surface area contributed by atoms with Gasteiger partial charge in [0, 0.05) is 12.7 Å². The van der Waals surface area contributed by atoms with Gasteiger partial charge >= 0.3 is 0 Å². The fourth-order valence-corrected chi connectivity index (χ4v) is 1.92. The van der Waals surface area contributed by atoms with Crippen molar-refractivity contribution >= 4 is 5.91 Å². The molecule has 1 aromatic carbocycles. The second-order valence-corrected chi connectivity index (χ2v) is 5.18. The Bertz CT molecular complexity index is 625. The Morgan fingerprint density at radius 3 is 2.64 bits per heavy atom. The number of rotatable bonds is 6. The number of aromatic nitrogens is 2. The van der Waals surface area contributed by atoms with E-state index in [4.69, 9.17) is 9.26 Å². The summed E-state index contributed by atoms with van der Waals surface area (Å²) in [6.45, 7) is 4.09. The smallest absolute Gasteiger partial charge is 0.251 e. The van der Waals surface area contributed by atoms with Crippen LogP contribution in [0.5, 0.6) is 0 Å². The maximum atomic E-state index is 12.9. The van der Waals surface area contributed by atoms with Crippen molar-refractivity contribution in [3.8, 4) is 0 Å². The number of nitrogens with zero attached hydrogens (tertiary/aromatic N) is 2. The number of hydrogen-bond donors (Lipinski definition) is 1. The summed E-state index contributed by atoms with van der Waals surface area (Å²) < 4.78 is 23.0. The van der Waals surface area contributed by atoms with Crippen LogP contribution in [-0.4, -0.2) is 23.2 Å². The fourth-order valence-electron chi connectivity index (χ4n) is 1.92. The van der Waals surface area contributed by atoms with Crippen LogP contribution in [0.1, 0.15) is 42.0 Å². The van der Waals surface area contributed by atoms with Crippen LogP contribution in [-0.2, 0) is 11.3 Å². The number of ether oxygens (including phenoxy) is 1. The lowest BCUT2D eigenvalue weighted by atomic mass is 10.0. The molecule has 1 atom stereocenters. The Kier molecular flexibility index (Phi) is 5.21. The maximum Gasteiger partial charge on any atom is 0.251 e. The normalized spacial score (nSPS) is 12.4. The van der Waals surface area contributed by atoms with E-state index in [-0.39, 0.29) is 18.4 Å². The number of carbonyl (C=O) groups is 1. The van der Waals surface area contributed by atoms with E-state index in [2.05, 4.69) is 15.5 Å². The van der Waals surface area contributed by atoms with Crippen molar-refractivity contribution in [1.82, 2.24) is 15.5 Å². The van der Waals surface area contributed by atoms with Crippen LogP contribution in [0.25, 0.3) is 0 Å². The van der Waals surface area contributed by atoms with Crippen LogP contribution >= 0.6 is 0 Å². The number of nitrogens with one attached hydrogen (secondary N) is 1. The van der Waals surface area contributed by atoms with Crippen molar-refractivity contribution in [2.45, 2.75) is 26.5 Å². The Hall–Kier alpha value is -2.28. The van der Waals surface area contributed by atoms with E-state index in [1.54, 1.807) is 0 Å². The summed E-state index contributed by atoms with van der Waals surface area (Å²) in [6.07, 6.45) is 0. The van der Waals surface area contributed by atoms with Crippen molar-refractivity contribution < 1.29 is 18.4 Å². The third-order valence-electron chi connectivity index (χ3n) is 3.08. The zero-order valence-electron chi connectivity index (χ0n) is 12.7. The molecule has 2 aromatic rings. The highest BCUT2D eigenvalue weighted by atomic mass is 19.1. The molecular formula is C15H18FN3O3. The third-order valence-corrected chi connectivity index (χ3v) is 3.08. The van der Waals surface area contributed by atoms with Crippen molar-refractivity contribution in [2.75, 3.05) is 7.11 Å². The Balaban J connectivity index is 2.14. The maximum absolute atomic E-state index is 12.9. The molecule has 0 fully saturated rings. The summed E-state index contributed by atoms with van der Waals surface area (Å²) in [5.74, 6) is 0.0557. The molecule has 22 heavy (non-hydrogen) atoms. The highest BCUT2D eigenvalue weighted by molar-refractivity contribution is 5.94. The molecule has 7 heteroatoms. The van der Waals surface area contributed by atoms with Gasteiger partial charge in [-0.05, 0) is 30.2 Å². The first-order valence-corrected chi connectivity index (χ1v) is 6.89. The molecule has 1 amide bonds. The minimum atomic E-state index is -0.435. The van der Waals surface area contributed by atoms with E-state index in [0.717, 1.165) is 0 Å². The Labute approximate surface area is 127 Å². The molecule has 1 aromatic heterocycles. The van der Waals surface area contributed by atoms with Gasteiger partial charge in [-0.2, -0.15) is 4.98 Å². The monoisotopic (exact) mass is 307 g/mol. The number of benzene rings is 1. The number of methoxy groups -OCH3 is 1. The molecule has 0 aliphatic rings. The number of carbonyl (C=O) groups excluding carboxylic acids is 1. The van der Waals surface area contributed by atoms with Crippen molar-refractivity contribution in [3.63, 3.8) is 0 Å². The van der Waals surface area contributed by atoms with Crippen molar-refractivity contribution in [2.24, 2.45) is 5.92 Å². The predicted octanol–water partition coefficient (Wildman–Crippen LogP) is 2.48. The minimum Gasteiger partial charge on any atom is -0.377 e. The zero-order chi connectivity index (χ0) is 16.1. The van der Waals surface area contributed by atoms with Gasteiger partial charge in [-0.1, -0.05) is 19.0 Å². The Morgan fingerprint density at radius 1 is 1.36 bits per heavy atom. The summed E-state index contributed by atoms with van der Waals surface area (Å²) in [6, 6.07) is 4.89. The lowest BCUT2D eigenvalue weighted by molar-refractivity contribution is 0.0914. The van der Waals surface area contributed by atoms with E-state index < -0.39 is 11.9 Å². The van der Waals surface area contributed by atoms with Crippen LogP contribution in [0, 0.1) is 11.7 Å². The van der Waals surface area contributed by atoms with Crippen LogP contribution in [0.15, 0.2) is 28.8 Å². The van der Waals surface area contributed by atoms with Gasteiger partial charge in [-0.3, -0.25) is 4.79 Å². The molecule has 0 spiro atoms. The molecule has 2 rings (SSSR count). The van der Waals surface area contributed by atoms with E-state index >= 15 is 0 Å². The van der Waals surface area contributed by atoms with Crippen molar-refractivity contribution in [1.29, 1.82) is 0 Å². The lowest BCUT2D eigenvalue weighted by Gasteiger charge is -2.18. The van der Waals surface area contributed by atoms with Gasteiger partial charge in [0.1, 0.15) is 18.5 Å². The van der Waals surface area contributed by atoms with Gasteiger partial charge in [-0.25, -0.2) is 4.39 Å². The molecule has 0 saturated carbocycles. The molecule has 0 saturated heterocycles. The lowest BCUT2D eigenvalue weighted by Crippen LogP contribution is -2.32. The molecule has 118 valence electrons. The highest BCUT2D eigenvalue weighted by Gasteiger charge is 2.25. The van der Waals surface area contributed by atoms with Crippen LogP contribution in [0.2, 0.25) is 0 Å². The SMILES string of the molecule is COCc1noc(C(NC(=O)c2ccc(F)cc2)C(C)C)n1. The van der Waals surface area contributed by atoms with E-state index in [1.807, 2.05) is 13.8 Å². The number of amides is 1. The minimum absolute atomic E-state index is 0.0419. The number of hydrogen-bond acceptors (Lipinski definition) is 5. The first-order valence-electron chi connectivity index (χ1n) is 6.89. The van der Waals surface area contributed by atoms with Gasteiger partial charge in [0.15, 0.2) is 5.82 Å². The summed E-state index contributed by atoms with van der Waals surface area (Å²) in [5, 5.41) is 6.61. The van der Waals surface area contributed by atoms with Gasteiger partial charge in [0.2, 0.25) is 5.89 Å². The summed E-state index contributed by atoms with van der Waals surface area (Å²) in [5.41, 5.74) is 0.365. The van der Waals surface area contributed by atoms with Crippen LogP contribution in [0.3, 0.4) is 0 Å². The van der Waals surface area contributed by atoms with Gasteiger partial charge in [0.25, 0.3) is 5.91 Å². The largest absolute Gasteiger partial charge is 0.377 e. The third kappa shape index (κ3) is 3.88. The summed E-state index contributed by atoms with van der Waals surface area (Å²) >= 11 is 0. The van der Waals surface area contributed by atoms with E-state index in [9.17, 15) is 9.18 Å². The van der Waals surface area contributed by atoms with E-state index in [0.29, 0.717) is 17.3 Å². The zero-order valence-corrected chi connectivity index (χ0v) is 12.7. The second kappa shape index (κ2) is 7.13. The fraction of sp³-hybridized carbons (Fsp3) is 0.400. The predicted molar refractivity (Wildman–Crippen MR) is 76.5 cm³/mol. The molecular weight excluding hydrogens is 289 g/mol. The average molecular weight is 307 g/mol. The molecule has 1 heterocycles. The standard InChI is InChI=1S/C15H18FN3O3/c1-9(2)13(15-17-12(8-21-3)19-22-15)18-14(20)10-4-6-11(16)7-5-10/h4-7,9,13H,8H2,1-3H3,(H,18,20). The summed E-state index contributed by atoms with van der Waals surface area (Å²) in [7, 11) is 1.53. The van der Waals surface area contributed by atoms with Gasteiger partial charge in [-0.15, -0.1) is 0 Å². The number of halogens is 1. The average Bonchev–Trinajstić information content (AvgIpc) is 2.93. The topological polar surface area (TPSA) is 77.3 Å². The highest BCUT2D eigenvalue weighted by Crippen LogP contribution is 2.21. The van der Waals surface area contributed by atoms with Gasteiger partial charge < -0.3 is 14.6 Å². The van der Waals surface area contributed by atoms with Crippen LogP contribution in [0.4, 0.5) is 4.39 Å². The summed E-state index contributed by atoms with van der Waals surface area (Å²) in [4.78, 5) is 16.4.